The van der Waals surface area contributed by atoms with E-state index < -0.39 is 0 Å². The zero-order chi connectivity index (χ0) is 62.1. The summed E-state index contributed by atoms with van der Waals surface area (Å²) in [5.74, 6) is 0. The molecule has 0 saturated carbocycles. The van der Waals surface area contributed by atoms with Gasteiger partial charge in [0, 0.05) is 0 Å². The fourth-order valence-corrected chi connectivity index (χ4v) is 12.3. The van der Waals surface area contributed by atoms with Gasteiger partial charge in [0.2, 0.25) is 0 Å². The summed E-state index contributed by atoms with van der Waals surface area (Å²) in [6, 6.07) is 66.5. The average molecular weight is 1120 g/mol. The molecule has 0 heteroatoms. The molecule has 0 spiro atoms. The lowest BCUT2D eigenvalue weighted by Gasteiger charge is -2.08. The van der Waals surface area contributed by atoms with Crippen molar-refractivity contribution in [1.82, 2.24) is 0 Å². The first-order chi connectivity index (χ1) is 41.3. The van der Waals surface area contributed by atoms with Crippen molar-refractivity contribution in [1.29, 1.82) is 0 Å². The third-order valence-corrected chi connectivity index (χ3v) is 17.4. The van der Waals surface area contributed by atoms with Crippen LogP contribution in [0.1, 0.15) is 181 Å². The molecule has 0 N–H and O–H groups in total. The second-order valence-electron chi connectivity index (χ2n) is 22.0. The standard InChI is InChI=1S/5C15H14.5C2H6/c2*1-10-7-13-9-12-5-3-4-6-14(12)15(13)8-11(10)2;1-10-7-8-13-9-12-5-3-4-6-14(12)15(13)11(10)2;2*1-10-7-8-14-13-6-4-3-5-12(13)9-15(14)11(10)2;5*1-2/h5*3-8H,9H2,1-2H3;5*1-2H3. The maximum atomic E-state index is 2.34. The van der Waals surface area contributed by atoms with Gasteiger partial charge in [-0.05, 0) is 268 Å². The lowest BCUT2D eigenvalue weighted by Crippen LogP contribution is -1.89. The largest absolute Gasteiger partial charge is 0.0683 e. The molecule has 0 aliphatic heterocycles. The molecule has 0 fully saturated rings. The number of hydrogen-bond donors (Lipinski definition) is 0. The van der Waals surface area contributed by atoms with E-state index in [9.17, 15) is 0 Å². The van der Waals surface area contributed by atoms with Gasteiger partial charge in [0.25, 0.3) is 0 Å². The van der Waals surface area contributed by atoms with Crippen molar-refractivity contribution < 1.29 is 0 Å². The second kappa shape index (κ2) is 31.4. The van der Waals surface area contributed by atoms with Crippen LogP contribution in [-0.4, -0.2) is 0 Å². The first-order valence-corrected chi connectivity index (χ1v) is 32.2. The van der Waals surface area contributed by atoms with Crippen LogP contribution in [0.25, 0.3) is 55.6 Å². The van der Waals surface area contributed by atoms with Crippen LogP contribution in [0.2, 0.25) is 0 Å². The molecule has 440 valence electrons. The summed E-state index contributed by atoms with van der Waals surface area (Å²) in [4.78, 5) is 0. The summed E-state index contributed by atoms with van der Waals surface area (Å²) in [6.45, 7) is 42.0. The van der Waals surface area contributed by atoms with Gasteiger partial charge in [-0.1, -0.05) is 251 Å². The molecular formula is C85H100. The summed E-state index contributed by atoms with van der Waals surface area (Å²) >= 11 is 0. The molecule has 0 saturated heterocycles. The van der Waals surface area contributed by atoms with Crippen LogP contribution in [0.15, 0.2) is 182 Å². The minimum atomic E-state index is 1.10. The van der Waals surface area contributed by atoms with Crippen LogP contribution in [0.5, 0.6) is 0 Å². The molecule has 10 aromatic rings. The van der Waals surface area contributed by atoms with Crippen molar-refractivity contribution in [2.75, 3.05) is 0 Å². The fourth-order valence-electron chi connectivity index (χ4n) is 12.3. The van der Waals surface area contributed by atoms with Gasteiger partial charge in [0.05, 0.1) is 0 Å². The van der Waals surface area contributed by atoms with E-state index in [1.54, 1.807) is 0 Å². The maximum absolute atomic E-state index is 2.34. The number of rotatable bonds is 0. The Labute approximate surface area is 516 Å². The molecule has 0 atom stereocenters. The van der Waals surface area contributed by atoms with Gasteiger partial charge in [-0.15, -0.1) is 0 Å². The van der Waals surface area contributed by atoms with Gasteiger partial charge in [-0.2, -0.15) is 0 Å². The number of hydrogen-bond acceptors (Lipinski definition) is 0. The van der Waals surface area contributed by atoms with Crippen molar-refractivity contribution in [3.05, 3.63) is 293 Å². The van der Waals surface area contributed by atoms with Gasteiger partial charge in [0.15, 0.2) is 0 Å². The van der Waals surface area contributed by atoms with Crippen molar-refractivity contribution in [2.24, 2.45) is 0 Å². The van der Waals surface area contributed by atoms with Gasteiger partial charge in [0.1, 0.15) is 0 Å². The Bertz CT molecular complexity index is 3630. The molecule has 15 rings (SSSR count). The highest BCUT2D eigenvalue weighted by atomic mass is 14.3. The molecule has 0 bridgehead atoms. The topological polar surface area (TPSA) is 0 Å². The smallest absolute Gasteiger partial charge is 0.00107 e. The minimum absolute atomic E-state index is 1.10. The predicted molar refractivity (Wildman–Crippen MR) is 378 cm³/mol. The number of benzene rings is 10. The molecule has 10 aromatic carbocycles. The van der Waals surface area contributed by atoms with E-state index in [1.165, 1.54) is 167 Å². The van der Waals surface area contributed by atoms with Crippen molar-refractivity contribution in [3.63, 3.8) is 0 Å². The maximum Gasteiger partial charge on any atom is -0.00107 e. The zero-order valence-electron chi connectivity index (χ0n) is 55.9. The highest BCUT2D eigenvalue weighted by molar-refractivity contribution is 5.82. The summed E-state index contributed by atoms with van der Waals surface area (Å²) in [7, 11) is 0. The van der Waals surface area contributed by atoms with E-state index >= 15 is 0 Å². The molecule has 0 unspecified atom stereocenters. The minimum Gasteiger partial charge on any atom is -0.0683 e. The third-order valence-electron chi connectivity index (χ3n) is 17.4. The van der Waals surface area contributed by atoms with E-state index in [1.807, 2.05) is 69.2 Å². The SMILES string of the molecule is CC.CC.CC.CC.CC.Cc1cc2c(cc1C)-c1ccccc1C2.Cc1cc2c(cc1C)-c1ccccc1C2.Cc1ccc2c(c1C)-c1ccccc1C2.Cc1ccc2c(c1C)Cc1ccccc1-2.Cc1ccc2c(c1C)Cc1ccccc1-2. The summed E-state index contributed by atoms with van der Waals surface area (Å²) in [5, 5.41) is 0. The van der Waals surface area contributed by atoms with Crippen LogP contribution >= 0.6 is 0 Å². The molecule has 5 aliphatic rings. The predicted octanol–water partition coefficient (Wildman–Crippen LogP) is 24.5. The highest BCUT2D eigenvalue weighted by Crippen LogP contribution is 2.43. The normalized spacial score (nSPS) is 11.3. The van der Waals surface area contributed by atoms with E-state index in [4.69, 9.17) is 0 Å². The average Bonchev–Trinajstić information content (AvgIpc) is 2.50. The van der Waals surface area contributed by atoms with E-state index in [0.717, 1.165) is 32.1 Å². The Hall–Kier alpha value is -7.80. The third kappa shape index (κ3) is 14.5. The Balaban J connectivity index is 0.000000164. The lowest BCUT2D eigenvalue weighted by atomic mass is 9.97. The van der Waals surface area contributed by atoms with Gasteiger partial charge in [-0.3, -0.25) is 0 Å². The molecule has 0 aromatic heterocycles. The van der Waals surface area contributed by atoms with Crippen LogP contribution in [0.4, 0.5) is 0 Å². The van der Waals surface area contributed by atoms with Crippen LogP contribution < -0.4 is 0 Å². The van der Waals surface area contributed by atoms with Crippen LogP contribution in [0, 0.1) is 69.2 Å². The second-order valence-corrected chi connectivity index (χ2v) is 22.0. The van der Waals surface area contributed by atoms with Crippen LogP contribution in [-0.2, 0) is 32.1 Å². The summed E-state index contributed by atoms with van der Waals surface area (Å²) < 4.78 is 0. The van der Waals surface area contributed by atoms with Gasteiger partial charge in [-0.25, -0.2) is 0 Å². The molecule has 85 heavy (non-hydrogen) atoms. The Morgan fingerprint density at radius 1 is 0.188 bits per heavy atom. The number of fused-ring (bicyclic) bond motifs is 15. The van der Waals surface area contributed by atoms with Crippen molar-refractivity contribution in [2.45, 2.75) is 171 Å². The zero-order valence-corrected chi connectivity index (χ0v) is 55.9. The summed E-state index contributed by atoms with van der Waals surface area (Å²) in [5.41, 5.74) is 43.4. The first-order valence-electron chi connectivity index (χ1n) is 32.2. The van der Waals surface area contributed by atoms with Gasteiger partial charge < -0.3 is 0 Å². The van der Waals surface area contributed by atoms with Crippen LogP contribution in [0.3, 0.4) is 0 Å². The Morgan fingerprint density at radius 3 is 0.835 bits per heavy atom. The molecule has 0 nitrogen and oxygen atoms in total. The summed E-state index contributed by atoms with van der Waals surface area (Å²) in [6.07, 6.45) is 5.53. The lowest BCUT2D eigenvalue weighted by molar-refractivity contribution is 1.19. The molecule has 0 amide bonds. The first kappa shape index (κ1) is 66.3. The van der Waals surface area contributed by atoms with E-state index in [0.29, 0.717) is 0 Å². The monoisotopic (exact) mass is 1120 g/mol. The van der Waals surface area contributed by atoms with Crippen molar-refractivity contribution in [3.8, 4) is 55.6 Å². The van der Waals surface area contributed by atoms with Gasteiger partial charge >= 0.3 is 0 Å². The molecule has 5 aliphatic carbocycles. The fraction of sp³-hybridized carbons (Fsp3) is 0.294. The molecule has 0 radical (unpaired) electrons. The van der Waals surface area contributed by atoms with Crippen molar-refractivity contribution >= 4 is 0 Å². The van der Waals surface area contributed by atoms with E-state index in [-0.39, 0.29) is 0 Å². The quantitative estimate of drug-likeness (QED) is 0.142. The Morgan fingerprint density at radius 2 is 0.459 bits per heavy atom. The molecule has 0 heterocycles. The molecular weight excluding hydrogens is 1020 g/mol. The number of aryl methyl sites for hydroxylation is 7. The Kier molecular flexibility index (Phi) is 24.5. The highest BCUT2D eigenvalue weighted by Gasteiger charge is 2.23. The van der Waals surface area contributed by atoms with E-state index in [2.05, 4.69) is 251 Å².